The van der Waals surface area contributed by atoms with Gasteiger partial charge >= 0.3 is 6.18 Å². The van der Waals surface area contributed by atoms with Gasteiger partial charge in [-0.05, 0) is 43.2 Å². The van der Waals surface area contributed by atoms with Crippen molar-refractivity contribution in [1.82, 2.24) is 15.3 Å². The van der Waals surface area contributed by atoms with Gasteiger partial charge in [-0.3, -0.25) is 9.78 Å². The summed E-state index contributed by atoms with van der Waals surface area (Å²) in [4.78, 5) is 20.3. The molecule has 6 nitrogen and oxygen atoms in total. The first kappa shape index (κ1) is 19.6. The average molecular weight is 412 g/mol. The summed E-state index contributed by atoms with van der Waals surface area (Å²) in [6.45, 7) is 0. The van der Waals surface area contributed by atoms with Gasteiger partial charge in [0.1, 0.15) is 17.1 Å². The zero-order valence-corrected chi connectivity index (χ0v) is 15.5. The van der Waals surface area contributed by atoms with Gasteiger partial charge in [0, 0.05) is 23.7 Å². The Hall–Kier alpha value is -3.67. The lowest BCUT2D eigenvalue weighted by Gasteiger charge is -2.21. The molecular weight excluding hydrogens is 397 g/mol. The maximum atomic E-state index is 13.0. The van der Waals surface area contributed by atoms with Crippen molar-refractivity contribution in [2.45, 2.75) is 31.5 Å². The first-order valence-electron chi connectivity index (χ1n) is 9.19. The van der Waals surface area contributed by atoms with Crippen LogP contribution in [0, 0.1) is 11.3 Å². The predicted molar refractivity (Wildman–Crippen MR) is 99.0 cm³/mol. The number of carbonyl (C=O) groups excluding carboxylic acids is 1. The zero-order valence-electron chi connectivity index (χ0n) is 15.5. The molecule has 1 N–H and O–H groups in total. The van der Waals surface area contributed by atoms with Crippen molar-refractivity contribution in [2.75, 3.05) is 0 Å². The van der Waals surface area contributed by atoms with Crippen LogP contribution in [0.15, 0.2) is 47.0 Å². The molecule has 0 bridgehead atoms. The van der Waals surface area contributed by atoms with Crippen LogP contribution in [0.25, 0.3) is 11.5 Å². The number of rotatable bonds is 3. The SMILES string of the molecule is N#Cc1cccc(C(=O)NC2CCCc3oc(-c4ccnc(C(F)(F)F)c4)nc32)c1. The molecule has 1 amide bonds. The van der Waals surface area contributed by atoms with Crippen LogP contribution in [0.2, 0.25) is 0 Å². The minimum absolute atomic E-state index is 0.0560. The molecule has 152 valence electrons. The molecule has 3 aromatic rings. The quantitative estimate of drug-likeness (QED) is 0.687. The van der Waals surface area contributed by atoms with Gasteiger partial charge in [0.05, 0.1) is 17.7 Å². The summed E-state index contributed by atoms with van der Waals surface area (Å²) in [5.41, 5.74) is 0.353. The van der Waals surface area contributed by atoms with Crippen molar-refractivity contribution in [3.05, 3.63) is 70.9 Å². The Morgan fingerprint density at radius 2 is 2.10 bits per heavy atom. The molecule has 1 aliphatic rings. The summed E-state index contributed by atoms with van der Waals surface area (Å²) < 4.78 is 44.6. The van der Waals surface area contributed by atoms with Crippen LogP contribution < -0.4 is 5.32 Å². The Balaban J connectivity index is 1.60. The molecule has 1 unspecified atom stereocenters. The summed E-state index contributed by atoms with van der Waals surface area (Å²) in [5.74, 6) is 0.232. The van der Waals surface area contributed by atoms with Gasteiger partial charge in [-0.2, -0.15) is 18.4 Å². The van der Waals surface area contributed by atoms with Crippen molar-refractivity contribution in [2.24, 2.45) is 0 Å². The van der Waals surface area contributed by atoms with Gasteiger partial charge in [0.2, 0.25) is 5.89 Å². The molecule has 0 radical (unpaired) electrons. The van der Waals surface area contributed by atoms with Crippen LogP contribution in [-0.4, -0.2) is 15.9 Å². The number of nitriles is 1. The molecule has 0 fully saturated rings. The number of nitrogens with zero attached hydrogens (tertiary/aromatic N) is 3. The highest BCUT2D eigenvalue weighted by molar-refractivity contribution is 5.94. The van der Waals surface area contributed by atoms with E-state index in [2.05, 4.69) is 15.3 Å². The molecular formula is C21H15F3N4O2. The summed E-state index contributed by atoms with van der Waals surface area (Å²) >= 11 is 0. The van der Waals surface area contributed by atoms with Crippen molar-refractivity contribution < 1.29 is 22.4 Å². The highest BCUT2D eigenvalue weighted by Gasteiger charge is 2.33. The molecule has 1 aromatic carbocycles. The number of benzene rings is 1. The largest absolute Gasteiger partial charge is 0.441 e. The topological polar surface area (TPSA) is 91.8 Å². The number of halogens is 3. The van der Waals surface area contributed by atoms with E-state index in [9.17, 15) is 18.0 Å². The molecule has 1 atom stereocenters. The number of fused-ring (bicyclic) bond motifs is 1. The van der Waals surface area contributed by atoms with Gasteiger partial charge in [-0.25, -0.2) is 4.98 Å². The number of aromatic nitrogens is 2. The second-order valence-corrected chi connectivity index (χ2v) is 6.87. The fraction of sp³-hybridized carbons (Fsp3) is 0.238. The molecule has 0 saturated heterocycles. The van der Waals surface area contributed by atoms with E-state index in [1.807, 2.05) is 6.07 Å². The maximum Gasteiger partial charge on any atom is 0.433 e. The third-order valence-corrected chi connectivity index (χ3v) is 4.81. The van der Waals surface area contributed by atoms with E-state index in [4.69, 9.17) is 9.68 Å². The number of aryl methyl sites for hydroxylation is 1. The smallest absolute Gasteiger partial charge is 0.433 e. The molecule has 2 aromatic heterocycles. The molecule has 30 heavy (non-hydrogen) atoms. The maximum absolute atomic E-state index is 13.0. The van der Waals surface area contributed by atoms with Gasteiger partial charge < -0.3 is 9.73 Å². The molecule has 2 heterocycles. The minimum atomic E-state index is -4.57. The van der Waals surface area contributed by atoms with Gasteiger partial charge in [-0.15, -0.1) is 0 Å². The minimum Gasteiger partial charge on any atom is -0.441 e. The third-order valence-electron chi connectivity index (χ3n) is 4.81. The summed E-state index contributed by atoms with van der Waals surface area (Å²) in [7, 11) is 0. The first-order valence-corrected chi connectivity index (χ1v) is 9.19. The zero-order chi connectivity index (χ0) is 21.3. The number of carbonyl (C=O) groups is 1. The Kier molecular flexibility index (Phi) is 4.99. The number of amides is 1. The highest BCUT2D eigenvalue weighted by atomic mass is 19.4. The number of alkyl halides is 3. The average Bonchev–Trinajstić information content (AvgIpc) is 3.19. The van der Waals surface area contributed by atoms with E-state index in [0.29, 0.717) is 35.4 Å². The van der Waals surface area contributed by atoms with Crippen LogP contribution in [0.5, 0.6) is 0 Å². The molecule has 0 spiro atoms. The normalized spacial score (nSPS) is 15.9. The number of pyridine rings is 1. The molecule has 4 rings (SSSR count). The Morgan fingerprint density at radius 1 is 1.27 bits per heavy atom. The van der Waals surface area contributed by atoms with Crippen molar-refractivity contribution in [3.63, 3.8) is 0 Å². The Bertz CT molecular complexity index is 1150. The lowest BCUT2D eigenvalue weighted by molar-refractivity contribution is -0.141. The summed E-state index contributed by atoms with van der Waals surface area (Å²) in [6.07, 6.45) is -1.59. The van der Waals surface area contributed by atoms with E-state index in [-0.39, 0.29) is 17.4 Å². The molecule has 0 saturated carbocycles. The summed E-state index contributed by atoms with van der Waals surface area (Å²) in [5, 5.41) is 11.9. The van der Waals surface area contributed by atoms with Crippen LogP contribution in [0.3, 0.4) is 0 Å². The number of hydrogen-bond donors (Lipinski definition) is 1. The third kappa shape index (κ3) is 3.89. The van der Waals surface area contributed by atoms with Crippen molar-refractivity contribution in [1.29, 1.82) is 5.26 Å². The van der Waals surface area contributed by atoms with E-state index in [0.717, 1.165) is 18.7 Å². The number of hydrogen-bond acceptors (Lipinski definition) is 5. The first-order chi connectivity index (χ1) is 14.3. The van der Waals surface area contributed by atoms with E-state index < -0.39 is 17.9 Å². The van der Waals surface area contributed by atoms with Crippen LogP contribution in [0.1, 0.15) is 52.0 Å². The number of nitrogens with one attached hydrogen (secondary N) is 1. The van der Waals surface area contributed by atoms with E-state index in [1.54, 1.807) is 18.2 Å². The lowest BCUT2D eigenvalue weighted by Crippen LogP contribution is -2.31. The Morgan fingerprint density at radius 3 is 2.87 bits per heavy atom. The second-order valence-electron chi connectivity index (χ2n) is 6.87. The van der Waals surface area contributed by atoms with Crippen molar-refractivity contribution in [3.8, 4) is 17.5 Å². The Labute approximate surface area is 169 Å². The van der Waals surface area contributed by atoms with E-state index in [1.165, 1.54) is 12.1 Å². The van der Waals surface area contributed by atoms with E-state index >= 15 is 0 Å². The fourth-order valence-corrected chi connectivity index (χ4v) is 3.37. The predicted octanol–water partition coefficient (Wildman–Crippen LogP) is 4.43. The van der Waals surface area contributed by atoms with Gasteiger partial charge in [-0.1, -0.05) is 6.07 Å². The lowest BCUT2D eigenvalue weighted by atomic mass is 9.96. The monoisotopic (exact) mass is 412 g/mol. The van der Waals surface area contributed by atoms with Crippen LogP contribution in [-0.2, 0) is 12.6 Å². The standard InChI is InChI=1S/C21H15F3N4O2/c22-21(23,24)17-10-14(7-8-26-17)20-28-18-15(5-2-6-16(18)30-20)27-19(29)13-4-1-3-12(9-13)11-25/h1,3-4,7-10,15H,2,5-6H2,(H,27,29). The molecule has 0 aliphatic heterocycles. The molecule has 1 aliphatic carbocycles. The van der Waals surface area contributed by atoms with Gasteiger partial charge in [0.15, 0.2) is 0 Å². The highest BCUT2D eigenvalue weighted by Crippen LogP contribution is 2.35. The van der Waals surface area contributed by atoms with Crippen LogP contribution >= 0.6 is 0 Å². The summed E-state index contributed by atoms with van der Waals surface area (Å²) in [6, 6.07) is 10.1. The van der Waals surface area contributed by atoms with Crippen LogP contribution in [0.4, 0.5) is 13.2 Å². The molecule has 9 heteroatoms. The van der Waals surface area contributed by atoms with Crippen molar-refractivity contribution >= 4 is 5.91 Å². The second kappa shape index (κ2) is 7.63. The van der Waals surface area contributed by atoms with Gasteiger partial charge in [0.25, 0.3) is 5.91 Å². The fourth-order valence-electron chi connectivity index (χ4n) is 3.37. The number of oxazole rings is 1.